The van der Waals surface area contributed by atoms with Gasteiger partial charge in [0.2, 0.25) is 0 Å². The molecule has 0 spiro atoms. The summed E-state index contributed by atoms with van der Waals surface area (Å²) in [6.45, 7) is 1.43. The average Bonchev–Trinajstić information content (AvgIpc) is 1.62. The van der Waals surface area contributed by atoms with E-state index in [4.69, 9.17) is 15.5 Å². The minimum atomic E-state index is -1.81. The summed E-state index contributed by atoms with van der Waals surface area (Å²) in [5, 5.41) is 22.3. The molecule has 6 nitrogen and oxygen atoms in total. The number of carbonyl (C=O) groups is 2. The minimum absolute atomic E-state index is 1.43. The summed E-state index contributed by atoms with van der Waals surface area (Å²) < 4.78 is 3.08. The third-order valence-corrected chi connectivity index (χ3v) is 0.175. The van der Waals surface area contributed by atoms with Gasteiger partial charge in [-0.1, -0.05) is 0 Å². The molecule has 0 saturated heterocycles. The highest BCUT2D eigenvalue weighted by Gasteiger charge is 2.01. The van der Waals surface area contributed by atoms with E-state index in [9.17, 15) is 9.59 Å². The van der Waals surface area contributed by atoms with Gasteiger partial charge in [0.25, 0.3) is 0 Å². The normalized spacial score (nSPS) is 6.00. The lowest BCUT2D eigenvalue weighted by atomic mass is 11.0. The molecule has 0 rings (SSSR count). The zero-order valence-electron chi connectivity index (χ0n) is 5.07. The van der Waals surface area contributed by atoms with Crippen LogP contribution in [0.4, 0.5) is 9.59 Å². The first kappa shape index (κ1) is 11.1. The van der Waals surface area contributed by atoms with Crippen molar-refractivity contribution in [3.05, 3.63) is 0 Å². The lowest BCUT2D eigenvalue weighted by molar-refractivity contribution is 0.0802. The van der Waals surface area contributed by atoms with Crippen molar-refractivity contribution in [2.24, 2.45) is 0 Å². The predicted octanol–water partition coefficient (Wildman–Crippen LogP) is 0.889. The molecule has 0 aromatic heterocycles. The Morgan fingerprint density at radius 2 is 1.60 bits per heavy atom. The van der Waals surface area contributed by atoms with Gasteiger partial charge in [0.15, 0.2) is 0 Å². The lowest BCUT2D eigenvalue weighted by Crippen LogP contribution is -2.05. The van der Waals surface area contributed by atoms with E-state index in [0.29, 0.717) is 0 Å². The Balaban J connectivity index is 0. The maximum absolute atomic E-state index is 9.21. The topological polar surface area (TPSA) is 108 Å². The molecule has 0 aliphatic carbocycles. The van der Waals surface area contributed by atoms with Gasteiger partial charge in [0, 0.05) is 6.92 Å². The molecule has 0 atom stereocenters. The highest BCUT2D eigenvalue weighted by atomic mass is 16.7. The highest BCUT2D eigenvalue weighted by Crippen LogP contribution is 1.73. The molecule has 0 bridgehead atoms. The smallest absolute Gasteiger partial charge is 0.449 e. The molecule has 0 heterocycles. The number of hydrogen-bond donors (Lipinski definition) is 2. The molecule has 0 aliphatic rings. The Morgan fingerprint density at radius 1 is 1.40 bits per heavy atom. The number of rotatable bonds is 0. The lowest BCUT2D eigenvalue weighted by Gasteiger charge is -1.84. The summed E-state index contributed by atoms with van der Waals surface area (Å²) >= 11 is 0. The van der Waals surface area contributed by atoms with E-state index >= 15 is 0 Å². The number of hydrogen-bond acceptors (Lipinski definition) is 4. The van der Waals surface area contributed by atoms with Gasteiger partial charge in [-0.2, -0.15) is 5.26 Å². The molecule has 6 heteroatoms. The van der Waals surface area contributed by atoms with Crippen LogP contribution in [0.25, 0.3) is 0 Å². The number of nitrogens with zero attached hydrogens (tertiary/aromatic N) is 1. The molecule has 0 fully saturated rings. The third kappa shape index (κ3) is 34.3. The van der Waals surface area contributed by atoms with Crippen molar-refractivity contribution < 1.29 is 24.5 Å². The van der Waals surface area contributed by atoms with Crippen LogP contribution < -0.4 is 0 Å². The quantitative estimate of drug-likeness (QED) is 0.389. The van der Waals surface area contributed by atoms with Gasteiger partial charge in [0.1, 0.15) is 0 Å². The monoisotopic (exact) mass is 147 g/mol. The fourth-order valence-corrected chi connectivity index (χ4v) is 0.0747. The van der Waals surface area contributed by atoms with Crippen LogP contribution >= 0.6 is 0 Å². The average molecular weight is 147 g/mol. The van der Waals surface area contributed by atoms with Crippen LogP contribution in [0.5, 0.6) is 0 Å². The molecule has 0 aromatic carbocycles. The zero-order valence-corrected chi connectivity index (χ0v) is 5.07. The first-order valence-corrected chi connectivity index (χ1v) is 1.99. The van der Waals surface area contributed by atoms with Gasteiger partial charge in [-0.05, 0) is 0 Å². The molecule has 0 unspecified atom stereocenters. The van der Waals surface area contributed by atoms with E-state index in [1.54, 1.807) is 6.07 Å². The van der Waals surface area contributed by atoms with Crippen molar-refractivity contribution in [2.45, 2.75) is 6.92 Å². The van der Waals surface area contributed by atoms with Crippen LogP contribution in [0.3, 0.4) is 0 Å². The fraction of sp³-hybridized carbons (Fsp3) is 0.250. The second-order valence-electron chi connectivity index (χ2n) is 0.857. The van der Waals surface area contributed by atoms with Gasteiger partial charge in [-0.15, -0.1) is 0 Å². The summed E-state index contributed by atoms with van der Waals surface area (Å²) in [6, 6.07) is 1.75. The molecular formula is C4H5NO5. The van der Waals surface area contributed by atoms with E-state index in [-0.39, 0.29) is 0 Å². The van der Waals surface area contributed by atoms with Crippen molar-refractivity contribution >= 4 is 12.3 Å². The Bertz CT molecular complexity index is 146. The first-order chi connectivity index (χ1) is 4.54. The largest absolute Gasteiger partial charge is 0.516 e. The molecular weight excluding hydrogens is 142 g/mol. The van der Waals surface area contributed by atoms with Crippen molar-refractivity contribution in [2.75, 3.05) is 0 Å². The molecule has 56 valence electrons. The number of carboxylic acid groups (broad SMARTS) is 2. The van der Waals surface area contributed by atoms with Crippen molar-refractivity contribution in [3.63, 3.8) is 0 Å². The van der Waals surface area contributed by atoms with Crippen molar-refractivity contribution in [1.82, 2.24) is 0 Å². The summed E-state index contributed by atoms with van der Waals surface area (Å²) in [6.07, 6.45) is -3.62. The van der Waals surface area contributed by atoms with Gasteiger partial charge in [-0.3, -0.25) is 0 Å². The van der Waals surface area contributed by atoms with Crippen LogP contribution in [0, 0.1) is 11.3 Å². The Morgan fingerprint density at radius 3 is 1.60 bits per heavy atom. The van der Waals surface area contributed by atoms with Gasteiger partial charge < -0.3 is 14.9 Å². The zero-order chi connectivity index (χ0) is 8.57. The van der Waals surface area contributed by atoms with Crippen LogP contribution in [0.15, 0.2) is 0 Å². The maximum atomic E-state index is 9.21. The maximum Gasteiger partial charge on any atom is 0.516 e. The van der Waals surface area contributed by atoms with Crippen LogP contribution in [0.1, 0.15) is 6.92 Å². The predicted molar refractivity (Wildman–Crippen MR) is 28.4 cm³/mol. The minimum Gasteiger partial charge on any atom is -0.449 e. The van der Waals surface area contributed by atoms with E-state index in [2.05, 4.69) is 4.74 Å². The van der Waals surface area contributed by atoms with Crippen LogP contribution in [-0.4, -0.2) is 22.5 Å². The first-order valence-electron chi connectivity index (χ1n) is 1.99. The third-order valence-electron chi connectivity index (χ3n) is 0.175. The highest BCUT2D eigenvalue weighted by molar-refractivity contribution is 5.74. The van der Waals surface area contributed by atoms with Crippen molar-refractivity contribution in [1.29, 1.82) is 5.26 Å². The van der Waals surface area contributed by atoms with Gasteiger partial charge >= 0.3 is 12.3 Å². The standard InChI is InChI=1S/C2H3N.C2H2O5/c1-2-3;3-1(4)7-2(5)6/h1H3;(H,3,4)(H,5,6). The fourth-order valence-electron chi connectivity index (χ4n) is 0.0747. The van der Waals surface area contributed by atoms with Gasteiger partial charge in [0.05, 0.1) is 6.07 Å². The summed E-state index contributed by atoms with van der Waals surface area (Å²) in [7, 11) is 0. The van der Waals surface area contributed by atoms with E-state index < -0.39 is 12.3 Å². The summed E-state index contributed by atoms with van der Waals surface area (Å²) in [5.74, 6) is 0. The van der Waals surface area contributed by atoms with Crippen LogP contribution in [-0.2, 0) is 4.74 Å². The second-order valence-corrected chi connectivity index (χ2v) is 0.857. The molecule has 0 aromatic rings. The molecule has 0 amide bonds. The van der Waals surface area contributed by atoms with Crippen LogP contribution in [0.2, 0.25) is 0 Å². The molecule has 0 aliphatic heterocycles. The summed E-state index contributed by atoms with van der Waals surface area (Å²) in [4.78, 5) is 18.4. The SMILES string of the molecule is CC#N.O=C(O)OC(=O)O. The molecule has 0 radical (unpaired) electrons. The van der Waals surface area contributed by atoms with Gasteiger partial charge in [-0.25, -0.2) is 9.59 Å². The Labute approximate surface area is 56.3 Å². The number of ether oxygens (including phenoxy) is 1. The number of nitriles is 1. The Kier molecular flexibility index (Phi) is 8.01. The molecule has 10 heavy (non-hydrogen) atoms. The van der Waals surface area contributed by atoms with E-state index in [1.165, 1.54) is 6.92 Å². The van der Waals surface area contributed by atoms with E-state index in [0.717, 1.165) is 0 Å². The Hall–Kier alpha value is -1.77. The second kappa shape index (κ2) is 7.23. The molecule has 0 saturated carbocycles. The molecule has 2 N–H and O–H groups in total. The summed E-state index contributed by atoms with van der Waals surface area (Å²) in [5.41, 5.74) is 0. The van der Waals surface area contributed by atoms with E-state index in [1.807, 2.05) is 0 Å². The van der Waals surface area contributed by atoms with Crippen molar-refractivity contribution in [3.8, 4) is 6.07 Å².